The van der Waals surface area contributed by atoms with Gasteiger partial charge in [-0.3, -0.25) is 0 Å². The number of nitrogens with one attached hydrogen (secondary N) is 1. The van der Waals surface area contributed by atoms with Crippen molar-refractivity contribution in [2.24, 2.45) is 0 Å². The SMILES string of the molecule is CCC1CCCNc2cc(O)ccc21. The summed E-state index contributed by atoms with van der Waals surface area (Å²) in [6, 6.07) is 5.68. The molecule has 1 aromatic carbocycles. The molecule has 1 heterocycles. The molecule has 0 fully saturated rings. The minimum absolute atomic E-state index is 0.355. The molecule has 0 amide bonds. The van der Waals surface area contributed by atoms with Gasteiger partial charge in [-0.15, -0.1) is 0 Å². The van der Waals surface area contributed by atoms with Gasteiger partial charge in [-0.1, -0.05) is 13.0 Å². The first-order valence-corrected chi connectivity index (χ1v) is 5.38. The van der Waals surface area contributed by atoms with E-state index in [4.69, 9.17) is 0 Å². The summed E-state index contributed by atoms with van der Waals surface area (Å²) < 4.78 is 0. The third-order valence-corrected chi connectivity index (χ3v) is 3.01. The highest BCUT2D eigenvalue weighted by Crippen LogP contribution is 2.35. The van der Waals surface area contributed by atoms with Crippen LogP contribution >= 0.6 is 0 Å². The van der Waals surface area contributed by atoms with Crippen LogP contribution < -0.4 is 5.32 Å². The van der Waals surface area contributed by atoms with E-state index in [1.807, 2.05) is 6.07 Å². The highest BCUT2D eigenvalue weighted by atomic mass is 16.3. The Kier molecular flexibility index (Phi) is 2.62. The Morgan fingerprint density at radius 2 is 2.36 bits per heavy atom. The molecule has 2 rings (SSSR count). The van der Waals surface area contributed by atoms with E-state index in [0.29, 0.717) is 11.7 Å². The lowest BCUT2D eigenvalue weighted by Crippen LogP contribution is -1.99. The third-order valence-electron chi connectivity index (χ3n) is 3.01. The number of rotatable bonds is 1. The zero-order valence-electron chi connectivity index (χ0n) is 8.59. The van der Waals surface area contributed by atoms with Gasteiger partial charge in [0.25, 0.3) is 0 Å². The fourth-order valence-electron chi connectivity index (χ4n) is 2.20. The normalized spacial score (nSPS) is 20.8. The van der Waals surface area contributed by atoms with E-state index in [9.17, 15) is 5.11 Å². The summed E-state index contributed by atoms with van der Waals surface area (Å²) in [6.45, 7) is 3.25. The molecule has 2 heteroatoms. The molecule has 0 spiro atoms. The minimum Gasteiger partial charge on any atom is -0.508 e. The maximum Gasteiger partial charge on any atom is 0.117 e. The van der Waals surface area contributed by atoms with E-state index in [0.717, 1.165) is 12.2 Å². The average Bonchev–Trinajstić information content (AvgIpc) is 2.38. The van der Waals surface area contributed by atoms with Crippen LogP contribution in [0.3, 0.4) is 0 Å². The Balaban J connectivity index is 2.39. The number of phenolic OH excluding ortho intramolecular Hbond substituents is 1. The zero-order chi connectivity index (χ0) is 9.97. The van der Waals surface area contributed by atoms with E-state index >= 15 is 0 Å². The summed E-state index contributed by atoms with van der Waals surface area (Å²) in [6.07, 6.45) is 3.65. The Bertz CT molecular complexity index is 322. The quantitative estimate of drug-likeness (QED) is 0.715. The highest BCUT2D eigenvalue weighted by Gasteiger charge is 2.16. The molecule has 2 N–H and O–H groups in total. The predicted molar refractivity (Wildman–Crippen MR) is 58.9 cm³/mol. The van der Waals surface area contributed by atoms with E-state index in [1.165, 1.54) is 24.8 Å². The topological polar surface area (TPSA) is 32.3 Å². The summed E-state index contributed by atoms with van der Waals surface area (Å²) in [5.74, 6) is 1.01. The van der Waals surface area contributed by atoms with E-state index in [1.54, 1.807) is 6.07 Å². The van der Waals surface area contributed by atoms with Gasteiger partial charge < -0.3 is 10.4 Å². The average molecular weight is 191 g/mol. The lowest BCUT2D eigenvalue weighted by Gasteiger charge is -2.15. The molecule has 1 unspecified atom stereocenters. The van der Waals surface area contributed by atoms with Crippen LogP contribution in [0.1, 0.15) is 37.7 Å². The summed E-state index contributed by atoms with van der Waals surface area (Å²) in [5.41, 5.74) is 2.48. The summed E-state index contributed by atoms with van der Waals surface area (Å²) in [5, 5.41) is 12.8. The van der Waals surface area contributed by atoms with Crippen LogP contribution in [0.25, 0.3) is 0 Å². The molecule has 76 valence electrons. The molecule has 0 saturated carbocycles. The largest absolute Gasteiger partial charge is 0.508 e. The van der Waals surface area contributed by atoms with Gasteiger partial charge in [-0.25, -0.2) is 0 Å². The van der Waals surface area contributed by atoms with Crippen molar-refractivity contribution in [1.82, 2.24) is 0 Å². The lowest BCUT2D eigenvalue weighted by molar-refractivity contribution is 0.475. The van der Waals surface area contributed by atoms with Crippen LogP contribution in [-0.4, -0.2) is 11.7 Å². The van der Waals surface area contributed by atoms with Crippen molar-refractivity contribution in [2.75, 3.05) is 11.9 Å². The first-order chi connectivity index (χ1) is 6.81. The van der Waals surface area contributed by atoms with Gasteiger partial charge in [0.15, 0.2) is 0 Å². The van der Waals surface area contributed by atoms with E-state index < -0.39 is 0 Å². The van der Waals surface area contributed by atoms with Crippen molar-refractivity contribution in [3.05, 3.63) is 23.8 Å². The Hall–Kier alpha value is -1.18. The lowest BCUT2D eigenvalue weighted by atomic mass is 9.92. The first-order valence-electron chi connectivity index (χ1n) is 5.38. The number of benzene rings is 1. The zero-order valence-corrected chi connectivity index (χ0v) is 8.59. The molecular formula is C12H17NO. The second kappa shape index (κ2) is 3.91. The molecule has 0 radical (unpaired) electrons. The number of anilines is 1. The number of hydrogen-bond donors (Lipinski definition) is 2. The summed E-state index contributed by atoms with van der Waals surface area (Å²) in [7, 11) is 0. The fraction of sp³-hybridized carbons (Fsp3) is 0.500. The van der Waals surface area contributed by atoms with Gasteiger partial charge >= 0.3 is 0 Å². The standard InChI is InChI=1S/C12H17NO/c1-2-9-4-3-7-13-12-8-10(14)5-6-11(9)12/h5-6,8-9,13-14H,2-4,7H2,1H3. The van der Waals surface area contributed by atoms with Crippen LogP contribution in [0.2, 0.25) is 0 Å². The predicted octanol–water partition coefficient (Wildman–Crippen LogP) is 3.09. The van der Waals surface area contributed by atoms with Gasteiger partial charge in [0.05, 0.1) is 0 Å². The van der Waals surface area contributed by atoms with Crippen LogP contribution in [0.4, 0.5) is 5.69 Å². The maximum absolute atomic E-state index is 9.40. The minimum atomic E-state index is 0.355. The molecule has 1 aliphatic rings. The summed E-state index contributed by atoms with van der Waals surface area (Å²) in [4.78, 5) is 0. The second-order valence-corrected chi connectivity index (χ2v) is 3.95. The molecule has 0 saturated heterocycles. The van der Waals surface area contributed by atoms with Gasteiger partial charge in [-0.05, 0) is 36.8 Å². The number of hydrogen-bond acceptors (Lipinski definition) is 2. The van der Waals surface area contributed by atoms with Crippen LogP contribution in [0.5, 0.6) is 5.75 Å². The Morgan fingerprint density at radius 3 is 3.14 bits per heavy atom. The van der Waals surface area contributed by atoms with Crippen molar-refractivity contribution in [3.8, 4) is 5.75 Å². The van der Waals surface area contributed by atoms with E-state index in [-0.39, 0.29) is 0 Å². The van der Waals surface area contributed by atoms with Gasteiger partial charge in [-0.2, -0.15) is 0 Å². The smallest absolute Gasteiger partial charge is 0.117 e. The van der Waals surface area contributed by atoms with Crippen molar-refractivity contribution in [3.63, 3.8) is 0 Å². The van der Waals surface area contributed by atoms with Gasteiger partial charge in [0.1, 0.15) is 5.75 Å². The number of aromatic hydroxyl groups is 1. The van der Waals surface area contributed by atoms with Crippen molar-refractivity contribution in [1.29, 1.82) is 0 Å². The molecule has 1 atom stereocenters. The molecule has 0 bridgehead atoms. The monoisotopic (exact) mass is 191 g/mol. The Labute approximate surface area is 85.0 Å². The first kappa shape index (κ1) is 9.38. The van der Waals surface area contributed by atoms with Gasteiger partial charge in [0, 0.05) is 18.3 Å². The van der Waals surface area contributed by atoms with Crippen LogP contribution in [0, 0.1) is 0 Å². The van der Waals surface area contributed by atoms with Crippen molar-refractivity contribution >= 4 is 5.69 Å². The number of phenols is 1. The van der Waals surface area contributed by atoms with Gasteiger partial charge in [0.2, 0.25) is 0 Å². The van der Waals surface area contributed by atoms with E-state index in [2.05, 4.69) is 18.3 Å². The third kappa shape index (κ3) is 1.69. The molecule has 1 aliphatic heterocycles. The second-order valence-electron chi connectivity index (χ2n) is 3.95. The van der Waals surface area contributed by atoms with Crippen molar-refractivity contribution in [2.45, 2.75) is 32.1 Å². The highest BCUT2D eigenvalue weighted by molar-refractivity contribution is 5.57. The molecular weight excluding hydrogens is 174 g/mol. The molecule has 2 nitrogen and oxygen atoms in total. The molecule has 0 aliphatic carbocycles. The van der Waals surface area contributed by atoms with Crippen LogP contribution in [0.15, 0.2) is 18.2 Å². The van der Waals surface area contributed by atoms with Crippen LogP contribution in [-0.2, 0) is 0 Å². The molecule has 1 aromatic rings. The molecule has 14 heavy (non-hydrogen) atoms. The maximum atomic E-state index is 9.40. The molecule has 0 aromatic heterocycles. The summed E-state index contributed by atoms with van der Waals surface area (Å²) >= 11 is 0. The Morgan fingerprint density at radius 1 is 1.50 bits per heavy atom. The number of fused-ring (bicyclic) bond motifs is 1. The van der Waals surface area contributed by atoms with Crippen molar-refractivity contribution < 1.29 is 5.11 Å². The fourth-order valence-corrected chi connectivity index (χ4v) is 2.20.